The number of rotatable bonds is 5. The van der Waals surface area contributed by atoms with E-state index < -0.39 is 0 Å². The van der Waals surface area contributed by atoms with Crippen molar-refractivity contribution in [1.82, 2.24) is 9.88 Å². The van der Waals surface area contributed by atoms with Gasteiger partial charge in [-0.3, -0.25) is 20.0 Å². The second kappa shape index (κ2) is 8.05. The highest BCUT2D eigenvalue weighted by molar-refractivity contribution is 5.98. The number of halogens is 1. The largest absolute Gasteiger partial charge is 0.383 e. The third-order valence-corrected chi connectivity index (χ3v) is 3.79. The topological polar surface area (TPSA) is 80.5 Å². The number of non-ortho nitro benzene ring substituents is 1. The molecule has 0 atom stereocenters. The van der Waals surface area contributed by atoms with Gasteiger partial charge in [0.2, 0.25) is 0 Å². The van der Waals surface area contributed by atoms with Gasteiger partial charge in [-0.25, -0.2) is 0 Å². The molecule has 1 aromatic heterocycles. The number of benzene rings is 1. The zero-order chi connectivity index (χ0) is 15.4. The molecule has 0 aliphatic carbocycles. The van der Waals surface area contributed by atoms with E-state index in [0.717, 1.165) is 45.1 Å². The summed E-state index contributed by atoms with van der Waals surface area (Å²) in [6.45, 7) is 5.00. The second-order valence-electron chi connectivity index (χ2n) is 5.17. The number of nitro groups is 1. The van der Waals surface area contributed by atoms with Crippen LogP contribution in [-0.4, -0.2) is 54.2 Å². The molecule has 0 spiro atoms. The van der Waals surface area contributed by atoms with E-state index in [2.05, 4.69) is 15.2 Å². The summed E-state index contributed by atoms with van der Waals surface area (Å²) in [6.07, 6.45) is 1.67. The van der Waals surface area contributed by atoms with Crippen LogP contribution in [0.5, 0.6) is 0 Å². The lowest BCUT2D eigenvalue weighted by Gasteiger charge is -2.26. The van der Waals surface area contributed by atoms with Crippen LogP contribution in [0.1, 0.15) is 0 Å². The lowest BCUT2D eigenvalue weighted by Crippen LogP contribution is -2.39. The summed E-state index contributed by atoms with van der Waals surface area (Å²) < 4.78 is 5.32. The lowest BCUT2D eigenvalue weighted by molar-refractivity contribution is -0.383. The summed E-state index contributed by atoms with van der Waals surface area (Å²) in [4.78, 5) is 17.4. The van der Waals surface area contributed by atoms with Crippen LogP contribution >= 0.6 is 12.4 Å². The summed E-state index contributed by atoms with van der Waals surface area (Å²) in [6, 6.07) is 6.74. The molecular formula is C15H19ClN4O3. The fraction of sp³-hybridized carbons (Fsp3) is 0.400. The van der Waals surface area contributed by atoms with Crippen molar-refractivity contribution in [2.24, 2.45) is 0 Å². The maximum absolute atomic E-state index is 11.2. The molecule has 2 aromatic rings. The molecule has 1 aliphatic heterocycles. The van der Waals surface area contributed by atoms with Crippen molar-refractivity contribution in [3.8, 4) is 0 Å². The van der Waals surface area contributed by atoms with Crippen molar-refractivity contribution in [1.29, 1.82) is 0 Å². The van der Waals surface area contributed by atoms with Gasteiger partial charge < -0.3 is 10.1 Å². The first-order valence-corrected chi connectivity index (χ1v) is 7.32. The van der Waals surface area contributed by atoms with Crippen LogP contribution in [0.2, 0.25) is 0 Å². The number of pyridine rings is 1. The molecule has 1 fully saturated rings. The summed E-state index contributed by atoms with van der Waals surface area (Å²) in [5.74, 6) is 0. The minimum atomic E-state index is -0.364. The second-order valence-corrected chi connectivity index (χ2v) is 5.17. The van der Waals surface area contributed by atoms with E-state index in [1.54, 1.807) is 24.4 Å². The number of fused-ring (bicyclic) bond motifs is 1. The summed E-state index contributed by atoms with van der Waals surface area (Å²) >= 11 is 0. The minimum absolute atomic E-state index is 0. The molecular weight excluding hydrogens is 320 g/mol. The third kappa shape index (κ3) is 4.07. The fourth-order valence-electron chi connectivity index (χ4n) is 2.66. The monoisotopic (exact) mass is 338 g/mol. The van der Waals surface area contributed by atoms with E-state index in [9.17, 15) is 10.1 Å². The number of anilines is 1. The van der Waals surface area contributed by atoms with Crippen LogP contribution in [0.15, 0.2) is 30.5 Å². The van der Waals surface area contributed by atoms with Crippen molar-refractivity contribution >= 4 is 34.7 Å². The molecule has 1 aliphatic rings. The van der Waals surface area contributed by atoms with Crippen LogP contribution in [0.4, 0.5) is 11.4 Å². The molecule has 0 radical (unpaired) electrons. The zero-order valence-electron chi connectivity index (χ0n) is 12.6. The van der Waals surface area contributed by atoms with Crippen LogP contribution in [0.3, 0.4) is 0 Å². The molecule has 1 N–H and O–H groups in total. The molecule has 8 heteroatoms. The first-order chi connectivity index (χ1) is 10.8. The molecule has 3 rings (SSSR count). The van der Waals surface area contributed by atoms with Gasteiger partial charge in [-0.1, -0.05) is 6.07 Å². The summed E-state index contributed by atoms with van der Waals surface area (Å²) in [5.41, 5.74) is 1.47. The lowest BCUT2D eigenvalue weighted by atomic mass is 10.1. The average molecular weight is 339 g/mol. The molecule has 0 saturated carbocycles. The van der Waals surface area contributed by atoms with Crippen molar-refractivity contribution in [3.05, 3.63) is 40.6 Å². The Morgan fingerprint density at radius 3 is 2.83 bits per heavy atom. The molecule has 23 heavy (non-hydrogen) atoms. The highest BCUT2D eigenvalue weighted by atomic mass is 35.5. The molecule has 2 heterocycles. The van der Waals surface area contributed by atoms with E-state index in [4.69, 9.17) is 4.74 Å². The van der Waals surface area contributed by atoms with Crippen LogP contribution in [-0.2, 0) is 4.74 Å². The van der Waals surface area contributed by atoms with Crippen molar-refractivity contribution in [3.63, 3.8) is 0 Å². The summed E-state index contributed by atoms with van der Waals surface area (Å²) in [5, 5.41) is 15.1. The molecule has 7 nitrogen and oxygen atoms in total. The van der Waals surface area contributed by atoms with E-state index >= 15 is 0 Å². The van der Waals surface area contributed by atoms with Gasteiger partial charge in [-0.05, 0) is 12.1 Å². The SMILES string of the molecule is Cl.O=[N+]([O-])c1cccc2nccc(NCCN3CCOCC3)c12. The smallest absolute Gasteiger partial charge is 0.280 e. The number of nitrogens with one attached hydrogen (secondary N) is 1. The predicted molar refractivity (Wildman–Crippen MR) is 91.4 cm³/mol. The Hall–Kier alpha value is -1.96. The minimum Gasteiger partial charge on any atom is -0.383 e. The highest BCUT2D eigenvalue weighted by Gasteiger charge is 2.16. The van der Waals surface area contributed by atoms with Crippen molar-refractivity contribution < 1.29 is 9.66 Å². The molecule has 0 bridgehead atoms. The number of hydrogen-bond acceptors (Lipinski definition) is 6. The van der Waals surface area contributed by atoms with Crippen molar-refractivity contribution in [2.75, 3.05) is 44.7 Å². The molecule has 1 aromatic carbocycles. The quantitative estimate of drug-likeness (QED) is 0.665. The fourth-order valence-corrected chi connectivity index (χ4v) is 2.66. The Labute approximate surface area is 140 Å². The maximum atomic E-state index is 11.2. The average Bonchev–Trinajstić information content (AvgIpc) is 2.55. The number of ether oxygens (including phenoxy) is 1. The van der Waals surface area contributed by atoms with Gasteiger partial charge in [0.25, 0.3) is 5.69 Å². The number of aromatic nitrogens is 1. The highest BCUT2D eigenvalue weighted by Crippen LogP contribution is 2.30. The standard InChI is InChI=1S/C15H18N4O3.ClH/c20-19(21)14-3-1-2-12-15(14)13(4-5-16-12)17-6-7-18-8-10-22-11-9-18;/h1-5H,6-11H2,(H,16,17);1H. The van der Waals surface area contributed by atoms with Gasteiger partial charge in [-0.15, -0.1) is 12.4 Å². The maximum Gasteiger partial charge on any atom is 0.280 e. The first-order valence-electron chi connectivity index (χ1n) is 7.32. The van der Waals surface area contributed by atoms with Crippen LogP contribution < -0.4 is 5.32 Å². The summed E-state index contributed by atoms with van der Waals surface area (Å²) in [7, 11) is 0. The number of hydrogen-bond donors (Lipinski definition) is 1. The molecule has 0 unspecified atom stereocenters. The number of nitro benzene ring substituents is 1. The number of nitrogens with zero attached hydrogens (tertiary/aromatic N) is 3. The Balaban J connectivity index is 0.00000192. The van der Waals surface area contributed by atoms with Crippen molar-refractivity contribution in [2.45, 2.75) is 0 Å². The Bertz CT molecular complexity index is 672. The van der Waals surface area contributed by atoms with Crippen LogP contribution in [0.25, 0.3) is 10.9 Å². The van der Waals surface area contributed by atoms with Gasteiger partial charge >= 0.3 is 0 Å². The molecule has 124 valence electrons. The van der Waals surface area contributed by atoms with E-state index in [1.165, 1.54) is 6.07 Å². The van der Waals surface area contributed by atoms with Gasteiger partial charge in [0, 0.05) is 38.4 Å². The predicted octanol–water partition coefficient (Wildman–Crippen LogP) is 2.31. The van der Waals surface area contributed by atoms with Gasteiger partial charge in [-0.2, -0.15) is 0 Å². The Morgan fingerprint density at radius 1 is 1.30 bits per heavy atom. The normalized spacial score (nSPS) is 15.1. The van der Waals surface area contributed by atoms with E-state index in [1.807, 2.05) is 0 Å². The zero-order valence-corrected chi connectivity index (χ0v) is 13.4. The third-order valence-electron chi connectivity index (χ3n) is 3.79. The first kappa shape index (κ1) is 17.4. The van der Waals surface area contributed by atoms with E-state index in [-0.39, 0.29) is 23.0 Å². The van der Waals surface area contributed by atoms with Crippen LogP contribution in [0, 0.1) is 10.1 Å². The van der Waals surface area contributed by atoms with Gasteiger partial charge in [0.1, 0.15) is 5.39 Å². The Kier molecular flexibility index (Phi) is 6.09. The number of morpholine rings is 1. The van der Waals surface area contributed by atoms with Gasteiger partial charge in [0.05, 0.1) is 29.3 Å². The van der Waals surface area contributed by atoms with Gasteiger partial charge in [0.15, 0.2) is 0 Å². The molecule has 0 amide bonds. The Morgan fingerprint density at radius 2 is 2.09 bits per heavy atom. The van der Waals surface area contributed by atoms with E-state index in [0.29, 0.717) is 10.9 Å². The molecule has 1 saturated heterocycles.